The molecule has 4 heteroatoms. The number of amides is 1. The van der Waals surface area contributed by atoms with Gasteiger partial charge in [0.25, 0.3) is 5.91 Å². The fourth-order valence-corrected chi connectivity index (χ4v) is 2.40. The van der Waals surface area contributed by atoms with Gasteiger partial charge in [0, 0.05) is 16.8 Å². The number of hydrogen-bond acceptors (Lipinski definition) is 3. The van der Waals surface area contributed by atoms with Gasteiger partial charge in [-0.15, -0.1) is 0 Å². The standard InChI is InChI=1S/C17H15NO3/c1-20-15-8-7-11(10-16(15)21-2)9-14-12-5-3-4-6-13(12)17(19)18-14/h3-10H,1-2H3,(H,18,19)/b14-9+. The Hall–Kier alpha value is -2.75. The fourth-order valence-electron chi connectivity index (χ4n) is 2.40. The first-order chi connectivity index (χ1) is 10.2. The van der Waals surface area contributed by atoms with Gasteiger partial charge in [-0.3, -0.25) is 4.79 Å². The number of carbonyl (C=O) groups excluding carboxylic acids is 1. The minimum Gasteiger partial charge on any atom is -0.493 e. The summed E-state index contributed by atoms with van der Waals surface area (Å²) in [5.41, 5.74) is 3.34. The maximum absolute atomic E-state index is 11.9. The topological polar surface area (TPSA) is 47.6 Å². The first-order valence-electron chi connectivity index (χ1n) is 6.57. The van der Waals surface area contributed by atoms with Gasteiger partial charge in [-0.1, -0.05) is 24.3 Å². The monoisotopic (exact) mass is 281 g/mol. The molecule has 2 aromatic rings. The molecule has 0 aliphatic carbocycles. The van der Waals surface area contributed by atoms with Crippen LogP contribution >= 0.6 is 0 Å². The molecule has 0 saturated carbocycles. The van der Waals surface area contributed by atoms with E-state index in [1.54, 1.807) is 14.2 Å². The Balaban J connectivity index is 2.02. The van der Waals surface area contributed by atoms with Crippen molar-refractivity contribution in [3.63, 3.8) is 0 Å². The normalized spacial score (nSPS) is 14.8. The summed E-state index contributed by atoms with van der Waals surface area (Å²) < 4.78 is 10.5. The molecule has 0 saturated heterocycles. The molecule has 4 nitrogen and oxygen atoms in total. The third-order valence-corrected chi connectivity index (χ3v) is 3.43. The number of methoxy groups -OCH3 is 2. The maximum Gasteiger partial charge on any atom is 0.256 e. The lowest BCUT2D eigenvalue weighted by Crippen LogP contribution is -2.11. The summed E-state index contributed by atoms with van der Waals surface area (Å²) in [5.74, 6) is 1.26. The summed E-state index contributed by atoms with van der Waals surface area (Å²) in [4.78, 5) is 11.9. The molecule has 1 amide bonds. The zero-order valence-electron chi connectivity index (χ0n) is 11.8. The molecular formula is C17H15NO3. The van der Waals surface area contributed by atoms with E-state index in [0.29, 0.717) is 17.1 Å². The van der Waals surface area contributed by atoms with Gasteiger partial charge in [0.1, 0.15) is 0 Å². The number of rotatable bonds is 3. The third kappa shape index (κ3) is 2.36. The minimum atomic E-state index is -0.0719. The molecule has 1 heterocycles. The molecule has 1 N–H and O–H groups in total. The number of benzene rings is 2. The van der Waals surface area contributed by atoms with Crippen LogP contribution in [-0.2, 0) is 0 Å². The molecule has 0 aromatic heterocycles. The predicted octanol–water partition coefficient (Wildman–Crippen LogP) is 2.95. The van der Waals surface area contributed by atoms with Gasteiger partial charge in [0.05, 0.1) is 14.2 Å². The number of hydrogen-bond donors (Lipinski definition) is 1. The fraction of sp³-hybridized carbons (Fsp3) is 0.118. The second-order valence-corrected chi connectivity index (χ2v) is 4.67. The van der Waals surface area contributed by atoms with Crippen molar-refractivity contribution in [2.45, 2.75) is 0 Å². The van der Waals surface area contributed by atoms with Crippen molar-refractivity contribution in [2.24, 2.45) is 0 Å². The highest BCUT2D eigenvalue weighted by atomic mass is 16.5. The molecule has 3 rings (SSSR count). The maximum atomic E-state index is 11.9. The number of carbonyl (C=O) groups is 1. The lowest BCUT2D eigenvalue weighted by Gasteiger charge is -2.08. The van der Waals surface area contributed by atoms with E-state index in [9.17, 15) is 4.79 Å². The third-order valence-electron chi connectivity index (χ3n) is 3.43. The van der Waals surface area contributed by atoms with Crippen LogP contribution in [0.4, 0.5) is 0 Å². The van der Waals surface area contributed by atoms with Crippen molar-refractivity contribution in [1.29, 1.82) is 0 Å². The second kappa shape index (κ2) is 5.32. The molecule has 0 bridgehead atoms. The summed E-state index contributed by atoms with van der Waals surface area (Å²) in [6.45, 7) is 0. The quantitative estimate of drug-likeness (QED) is 0.941. The van der Waals surface area contributed by atoms with E-state index in [2.05, 4.69) is 5.32 Å². The smallest absolute Gasteiger partial charge is 0.256 e. The first-order valence-corrected chi connectivity index (χ1v) is 6.57. The van der Waals surface area contributed by atoms with Gasteiger partial charge in [-0.2, -0.15) is 0 Å². The van der Waals surface area contributed by atoms with Crippen LogP contribution in [0.25, 0.3) is 11.8 Å². The van der Waals surface area contributed by atoms with Crippen molar-refractivity contribution in [1.82, 2.24) is 5.32 Å². The summed E-state index contributed by atoms with van der Waals surface area (Å²) in [6, 6.07) is 13.2. The molecule has 2 aromatic carbocycles. The van der Waals surface area contributed by atoms with Crippen molar-refractivity contribution >= 4 is 17.7 Å². The Morgan fingerprint density at radius 1 is 0.952 bits per heavy atom. The van der Waals surface area contributed by atoms with Gasteiger partial charge in [0.2, 0.25) is 0 Å². The molecule has 0 spiro atoms. The molecule has 0 atom stereocenters. The number of fused-ring (bicyclic) bond motifs is 1. The van der Waals surface area contributed by atoms with Gasteiger partial charge in [0.15, 0.2) is 11.5 Å². The van der Waals surface area contributed by atoms with Crippen molar-refractivity contribution in [3.8, 4) is 11.5 Å². The van der Waals surface area contributed by atoms with Crippen LogP contribution in [0, 0.1) is 0 Å². The zero-order chi connectivity index (χ0) is 14.8. The van der Waals surface area contributed by atoms with E-state index >= 15 is 0 Å². The summed E-state index contributed by atoms with van der Waals surface area (Å²) in [7, 11) is 3.20. The Kier molecular flexibility index (Phi) is 3.36. The van der Waals surface area contributed by atoms with E-state index in [1.807, 2.05) is 48.5 Å². The zero-order valence-corrected chi connectivity index (χ0v) is 11.8. The molecule has 106 valence electrons. The summed E-state index contributed by atoms with van der Waals surface area (Å²) in [5, 5.41) is 2.88. The van der Waals surface area contributed by atoms with E-state index in [-0.39, 0.29) is 5.91 Å². The van der Waals surface area contributed by atoms with Gasteiger partial charge in [-0.25, -0.2) is 0 Å². The van der Waals surface area contributed by atoms with Crippen LogP contribution in [0.3, 0.4) is 0 Å². The molecule has 1 aliphatic heterocycles. The van der Waals surface area contributed by atoms with Crippen LogP contribution in [0.1, 0.15) is 21.5 Å². The van der Waals surface area contributed by atoms with Crippen LogP contribution in [0.15, 0.2) is 42.5 Å². The number of nitrogens with one attached hydrogen (secondary N) is 1. The van der Waals surface area contributed by atoms with Crippen LogP contribution in [0.2, 0.25) is 0 Å². The minimum absolute atomic E-state index is 0.0719. The van der Waals surface area contributed by atoms with E-state index < -0.39 is 0 Å². The number of ether oxygens (including phenoxy) is 2. The lowest BCUT2D eigenvalue weighted by atomic mass is 10.1. The average Bonchev–Trinajstić information content (AvgIpc) is 2.84. The van der Waals surface area contributed by atoms with E-state index in [0.717, 1.165) is 16.8 Å². The van der Waals surface area contributed by atoms with Crippen LogP contribution in [-0.4, -0.2) is 20.1 Å². The average molecular weight is 281 g/mol. The van der Waals surface area contributed by atoms with Gasteiger partial charge >= 0.3 is 0 Å². The van der Waals surface area contributed by atoms with Crippen LogP contribution < -0.4 is 14.8 Å². The molecule has 1 aliphatic rings. The molecule has 21 heavy (non-hydrogen) atoms. The van der Waals surface area contributed by atoms with Crippen molar-refractivity contribution in [3.05, 3.63) is 59.2 Å². The molecule has 0 fully saturated rings. The second-order valence-electron chi connectivity index (χ2n) is 4.67. The van der Waals surface area contributed by atoms with E-state index in [4.69, 9.17) is 9.47 Å². The molecule has 0 unspecified atom stereocenters. The highest BCUT2D eigenvalue weighted by Crippen LogP contribution is 2.30. The summed E-state index contributed by atoms with van der Waals surface area (Å²) in [6.07, 6.45) is 1.92. The van der Waals surface area contributed by atoms with Crippen LogP contribution in [0.5, 0.6) is 11.5 Å². The van der Waals surface area contributed by atoms with Gasteiger partial charge in [-0.05, 0) is 29.8 Å². The highest BCUT2D eigenvalue weighted by Gasteiger charge is 2.22. The Morgan fingerprint density at radius 3 is 2.38 bits per heavy atom. The largest absolute Gasteiger partial charge is 0.493 e. The SMILES string of the molecule is COc1ccc(/C=C2/NC(=O)c3ccccc32)cc1OC. The highest BCUT2D eigenvalue weighted by molar-refractivity contribution is 6.11. The predicted molar refractivity (Wildman–Crippen MR) is 81.3 cm³/mol. The summed E-state index contributed by atoms with van der Waals surface area (Å²) >= 11 is 0. The Labute approximate surface area is 123 Å². The lowest BCUT2D eigenvalue weighted by molar-refractivity contribution is 0.0981. The first kappa shape index (κ1) is 13.2. The van der Waals surface area contributed by atoms with E-state index in [1.165, 1.54) is 0 Å². The Morgan fingerprint density at radius 2 is 1.67 bits per heavy atom. The van der Waals surface area contributed by atoms with Gasteiger partial charge < -0.3 is 14.8 Å². The van der Waals surface area contributed by atoms with Crippen molar-refractivity contribution in [2.75, 3.05) is 14.2 Å². The molecular weight excluding hydrogens is 266 g/mol. The van der Waals surface area contributed by atoms with Crippen molar-refractivity contribution < 1.29 is 14.3 Å². The Bertz CT molecular complexity index is 735. The molecule has 0 radical (unpaired) electrons.